The first-order valence-electron chi connectivity index (χ1n) is 9.53. The Kier molecular flexibility index (Phi) is 5.20. The van der Waals surface area contributed by atoms with Gasteiger partial charge in [-0.05, 0) is 56.0 Å². The van der Waals surface area contributed by atoms with Crippen molar-refractivity contribution in [3.63, 3.8) is 0 Å². The number of halogens is 1. The van der Waals surface area contributed by atoms with E-state index in [1.807, 2.05) is 9.29 Å². The van der Waals surface area contributed by atoms with Crippen LogP contribution in [0.3, 0.4) is 0 Å². The van der Waals surface area contributed by atoms with Crippen LogP contribution in [-0.4, -0.2) is 35.2 Å². The van der Waals surface area contributed by atoms with Crippen molar-refractivity contribution in [2.75, 3.05) is 6.54 Å². The predicted molar refractivity (Wildman–Crippen MR) is 112 cm³/mol. The Hall–Kier alpha value is -2.98. The van der Waals surface area contributed by atoms with Gasteiger partial charge in [-0.1, -0.05) is 0 Å². The number of benzene rings is 1. The highest BCUT2D eigenvalue weighted by Crippen LogP contribution is 2.28. The number of nitrogens with one attached hydrogen (secondary N) is 2. The zero-order valence-electron chi connectivity index (χ0n) is 16.6. The molecule has 4 rings (SSSR count). The maximum absolute atomic E-state index is 13.5. The molecule has 1 saturated carbocycles. The average molecular weight is 431 g/mol. The first kappa shape index (κ1) is 20.3. The van der Waals surface area contributed by atoms with Crippen LogP contribution in [-0.2, 0) is 22.1 Å². The number of hydrogen-bond acceptors (Lipinski definition) is 4. The Labute approximate surface area is 173 Å². The maximum Gasteiger partial charge on any atom is 0.301 e. The number of fused-ring (bicyclic) bond motifs is 1. The molecule has 2 N–H and O–H groups in total. The number of aromatic nitrogens is 3. The van der Waals surface area contributed by atoms with E-state index < -0.39 is 16.1 Å². The summed E-state index contributed by atoms with van der Waals surface area (Å²) in [6.45, 7) is 2.12. The van der Waals surface area contributed by atoms with Crippen molar-refractivity contribution >= 4 is 33.1 Å². The van der Waals surface area contributed by atoms with Gasteiger partial charge in [-0.25, -0.2) is 9.11 Å². The van der Waals surface area contributed by atoms with Gasteiger partial charge in [0.2, 0.25) is 0 Å². The smallest absolute Gasteiger partial charge is 0.301 e. The first-order chi connectivity index (χ1) is 14.2. The van der Waals surface area contributed by atoms with E-state index in [9.17, 15) is 17.6 Å². The summed E-state index contributed by atoms with van der Waals surface area (Å²) in [6, 6.07) is 6.28. The molecule has 0 unspecified atom stereocenters. The van der Waals surface area contributed by atoms with Crippen LogP contribution < -0.4 is 9.44 Å². The third-order valence-electron chi connectivity index (χ3n) is 5.01. The first-order valence-corrected chi connectivity index (χ1v) is 11.0. The molecule has 30 heavy (non-hydrogen) atoms. The Morgan fingerprint density at radius 3 is 2.83 bits per heavy atom. The number of amides is 1. The molecule has 0 radical (unpaired) electrons. The van der Waals surface area contributed by atoms with E-state index in [2.05, 4.69) is 9.82 Å². The minimum absolute atomic E-state index is 0.324. The van der Waals surface area contributed by atoms with Crippen molar-refractivity contribution < 1.29 is 17.6 Å². The van der Waals surface area contributed by atoms with E-state index in [4.69, 9.17) is 0 Å². The van der Waals surface area contributed by atoms with E-state index in [0.29, 0.717) is 29.5 Å². The summed E-state index contributed by atoms with van der Waals surface area (Å²) in [5.41, 5.74) is 2.10. The lowest BCUT2D eigenvalue weighted by Crippen LogP contribution is -2.40. The van der Waals surface area contributed by atoms with E-state index in [-0.39, 0.29) is 5.82 Å². The minimum Gasteiger partial charge on any atom is -0.301 e. The van der Waals surface area contributed by atoms with E-state index in [1.54, 1.807) is 37.0 Å². The lowest BCUT2D eigenvalue weighted by Gasteiger charge is -2.08. The van der Waals surface area contributed by atoms with Crippen molar-refractivity contribution in [2.45, 2.75) is 19.8 Å². The van der Waals surface area contributed by atoms with Gasteiger partial charge in [-0.3, -0.25) is 9.48 Å². The highest BCUT2D eigenvalue weighted by Gasteiger charge is 2.24. The average Bonchev–Trinajstić information content (AvgIpc) is 3.35. The molecule has 3 aromatic rings. The molecular weight excluding hydrogens is 409 g/mol. The molecule has 8 nitrogen and oxygen atoms in total. The van der Waals surface area contributed by atoms with Gasteiger partial charge in [0.25, 0.3) is 5.91 Å². The summed E-state index contributed by atoms with van der Waals surface area (Å²) >= 11 is 0. The zero-order chi connectivity index (χ0) is 21.5. The SMILES string of the molecule is Cc1nn(C)c(-n2ccc3cc(F)ccc32)c1/C=C/C(=O)NS(=O)(=O)NCC1CC1. The van der Waals surface area contributed by atoms with Crippen LogP contribution in [0.2, 0.25) is 0 Å². The van der Waals surface area contributed by atoms with Gasteiger partial charge in [-0.2, -0.15) is 18.2 Å². The van der Waals surface area contributed by atoms with Crippen LogP contribution in [0.4, 0.5) is 4.39 Å². The fourth-order valence-electron chi connectivity index (χ4n) is 3.35. The summed E-state index contributed by atoms with van der Waals surface area (Å²) in [4.78, 5) is 12.2. The number of aryl methyl sites for hydroxylation is 2. The molecule has 2 aromatic heterocycles. The van der Waals surface area contributed by atoms with E-state index in [0.717, 1.165) is 29.8 Å². The van der Waals surface area contributed by atoms with E-state index >= 15 is 0 Å². The molecule has 2 heterocycles. The Morgan fingerprint density at radius 2 is 2.10 bits per heavy atom. The quantitative estimate of drug-likeness (QED) is 0.561. The lowest BCUT2D eigenvalue weighted by atomic mass is 10.2. The second-order valence-corrected chi connectivity index (χ2v) is 8.93. The summed E-state index contributed by atoms with van der Waals surface area (Å²) in [6.07, 6.45) is 6.48. The van der Waals surface area contributed by atoms with Crippen LogP contribution in [0, 0.1) is 18.7 Å². The molecule has 1 aliphatic carbocycles. The van der Waals surface area contributed by atoms with Crippen molar-refractivity contribution in [1.29, 1.82) is 0 Å². The number of carbonyl (C=O) groups excluding carboxylic acids is 1. The highest BCUT2D eigenvalue weighted by molar-refractivity contribution is 7.88. The third-order valence-corrected chi connectivity index (χ3v) is 6.03. The number of nitrogens with zero attached hydrogens (tertiary/aromatic N) is 3. The lowest BCUT2D eigenvalue weighted by molar-refractivity contribution is -0.114. The van der Waals surface area contributed by atoms with Gasteiger partial charge < -0.3 is 4.57 Å². The minimum atomic E-state index is -3.89. The maximum atomic E-state index is 13.5. The van der Waals surface area contributed by atoms with Crippen LogP contribution in [0.1, 0.15) is 24.1 Å². The Bertz CT molecular complexity index is 1250. The van der Waals surface area contributed by atoms with Crippen LogP contribution >= 0.6 is 0 Å². The fourth-order valence-corrected chi connectivity index (χ4v) is 4.21. The second-order valence-electron chi connectivity index (χ2n) is 7.43. The standard InChI is InChI=1S/C20H22FN5O3S/c1-13-17(6-8-19(27)24-30(28,29)22-12-14-3-4-14)20(25(2)23-13)26-10-9-15-11-16(21)5-7-18(15)26/h5-11,14,22H,3-4,12H2,1-2H3,(H,24,27)/b8-6+. The molecule has 0 bridgehead atoms. The normalized spacial score (nSPS) is 14.6. The number of carbonyl (C=O) groups is 1. The molecule has 158 valence electrons. The summed E-state index contributed by atoms with van der Waals surface area (Å²) in [5.74, 6) is -0.0489. The fraction of sp³-hybridized carbons (Fsp3) is 0.300. The van der Waals surface area contributed by atoms with Crippen LogP contribution in [0.25, 0.3) is 22.8 Å². The molecule has 10 heteroatoms. The van der Waals surface area contributed by atoms with Gasteiger partial charge >= 0.3 is 10.2 Å². The number of rotatable bonds is 7. The predicted octanol–water partition coefficient (Wildman–Crippen LogP) is 2.19. The van der Waals surface area contributed by atoms with Gasteiger partial charge in [0.05, 0.1) is 11.2 Å². The molecule has 0 spiro atoms. The molecule has 0 saturated heterocycles. The summed E-state index contributed by atoms with van der Waals surface area (Å²) < 4.78 is 45.3. The van der Waals surface area contributed by atoms with Crippen molar-refractivity contribution in [3.05, 3.63) is 53.6 Å². The zero-order valence-corrected chi connectivity index (χ0v) is 17.4. The third kappa shape index (κ3) is 4.29. The molecular formula is C20H22FN5O3S. The monoisotopic (exact) mass is 431 g/mol. The van der Waals surface area contributed by atoms with Crippen LogP contribution in [0.15, 0.2) is 36.5 Å². The molecule has 1 amide bonds. The number of hydrogen-bond donors (Lipinski definition) is 2. The van der Waals surface area contributed by atoms with Gasteiger partial charge in [-0.15, -0.1) is 0 Å². The summed E-state index contributed by atoms with van der Waals surface area (Å²) in [7, 11) is -2.13. The largest absolute Gasteiger partial charge is 0.301 e. The molecule has 0 aliphatic heterocycles. The molecule has 1 fully saturated rings. The van der Waals surface area contributed by atoms with Crippen molar-refractivity contribution in [2.24, 2.45) is 13.0 Å². The van der Waals surface area contributed by atoms with Crippen molar-refractivity contribution in [1.82, 2.24) is 23.8 Å². The Morgan fingerprint density at radius 1 is 1.33 bits per heavy atom. The topological polar surface area (TPSA) is 98.0 Å². The summed E-state index contributed by atoms with van der Waals surface area (Å²) in [5, 5.41) is 5.14. The van der Waals surface area contributed by atoms with Gasteiger partial charge in [0.15, 0.2) is 0 Å². The molecule has 1 aliphatic rings. The van der Waals surface area contributed by atoms with Crippen LogP contribution in [0.5, 0.6) is 0 Å². The molecule has 1 aromatic carbocycles. The second kappa shape index (κ2) is 7.69. The van der Waals surface area contributed by atoms with E-state index in [1.165, 1.54) is 18.2 Å². The molecule has 0 atom stereocenters. The Balaban J connectivity index is 1.59. The van der Waals surface area contributed by atoms with Gasteiger partial charge in [0.1, 0.15) is 11.6 Å². The highest BCUT2D eigenvalue weighted by atomic mass is 32.2. The van der Waals surface area contributed by atoms with Crippen molar-refractivity contribution in [3.8, 4) is 5.82 Å². The van der Waals surface area contributed by atoms with Gasteiger partial charge in [0, 0.05) is 36.8 Å².